The third-order valence-corrected chi connectivity index (χ3v) is 16.7. The number of amides is 1. The zero-order valence-electron chi connectivity index (χ0n) is 47.2. The van der Waals surface area contributed by atoms with Crippen molar-refractivity contribution in [2.75, 3.05) is 46.4 Å². The van der Waals surface area contributed by atoms with Gasteiger partial charge < -0.3 is 53.4 Å². The van der Waals surface area contributed by atoms with E-state index in [2.05, 4.69) is 15.9 Å². The summed E-state index contributed by atoms with van der Waals surface area (Å²) < 4.78 is 40.8. The quantitative estimate of drug-likeness (QED) is 0.0607. The zero-order valence-corrected chi connectivity index (χ0v) is 48.8. The third-order valence-electron chi connectivity index (χ3n) is 16.2. The summed E-state index contributed by atoms with van der Waals surface area (Å²) >= 11 is 3.02. The molecule has 3 fully saturated rings. The molecule has 19 heteroatoms. The summed E-state index contributed by atoms with van der Waals surface area (Å²) in [4.78, 5) is 97.9. The highest BCUT2D eigenvalue weighted by Gasteiger charge is 2.53. The lowest BCUT2D eigenvalue weighted by Gasteiger charge is -2.42. The van der Waals surface area contributed by atoms with Crippen molar-refractivity contribution in [2.24, 2.45) is 40.9 Å². The Balaban J connectivity index is 1.68. The average Bonchev–Trinajstić information content (AvgIpc) is 3.41. The number of ether oxygens (including phenoxy) is 7. The predicted octanol–water partition coefficient (Wildman–Crippen LogP) is 6.67. The maximum atomic E-state index is 14.6. The number of aliphatic hydroxyl groups is 3. The monoisotopic (exact) mass is 1150 g/mol. The van der Waals surface area contributed by atoms with Crippen LogP contribution < -0.4 is 0 Å². The molecule has 2 bridgehead atoms. The SMILES string of the molecule is CO[C@H]1C[C@@H]2CC[C@@H](C)[C@@](O)(O2)C(=O)C(=O)N2CCCC[C@H]2C(=O)O[C@H]([C@H](C)C[C@@H]2CC[C@@H](OC(=O)C(C)(CO)COC(=O)CBr)[C@H](OC)C2)CC(=O)[C@H](C)/C=C(\C)[C@@H](O)[C@@H](OC)C(=O)[C@H](C)C[C@H](C)/C=C/C=CC=C1C. The molecule has 3 heterocycles. The van der Waals surface area contributed by atoms with E-state index in [1.165, 1.54) is 21.1 Å². The van der Waals surface area contributed by atoms with Crippen molar-refractivity contribution in [3.05, 3.63) is 47.6 Å². The normalized spacial score (nSPS) is 35.5. The molecule has 1 aliphatic carbocycles. The van der Waals surface area contributed by atoms with E-state index in [9.17, 15) is 48.9 Å². The largest absolute Gasteiger partial charge is 0.464 e. The number of fused-ring (bicyclic) bond motifs is 3. The molecule has 434 valence electrons. The third kappa shape index (κ3) is 17.8. The maximum absolute atomic E-state index is 14.6. The molecule has 16 atom stereocenters. The van der Waals surface area contributed by atoms with Crippen LogP contribution in [-0.4, -0.2) is 162 Å². The van der Waals surface area contributed by atoms with E-state index in [1.807, 2.05) is 51.2 Å². The molecule has 2 saturated heterocycles. The summed E-state index contributed by atoms with van der Waals surface area (Å²) in [5.74, 6) is -10.1. The minimum atomic E-state index is -2.48. The van der Waals surface area contributed by atoms with Crippen LogP contribution in [-0.2, 0) is 66.7 Å². The van der Waals surface area contributed by atoms with Gasteiger partial charge in [0.05, 0.1) is 24.9 Å². The Hall–Kier alpha value is -3.95. The molecule has 4 rings (SSSR count). The second kappa shape index (κ2) is 30.6. The van der Waals surface area contributed by atoms with Crippen molar-refractivity contribution in [2.45, 2.75) is 187 Å². The van der Waals surface area contributed by atoms with E-state index in [0.717, 1.165) is 10.5 Å². The molecule has 3 N–H and O–H groups in total. The summed E-state index contributed by atoms with van der Waals surface area (Å²) in [7, 11) is 4.41. The smallest absolute Gasteiger partial charge is 0.329 e. The molecule has 1 amide bonds. The van der Waals surface area contributed by atoms with E-state index in [-0.39, 0.29) is 61.1 Å². The van der Waals surface area contributed by atoms with Gasteiger partial charge in [0.1, 0.15) is 53.6 Å². The number of carbonyl (C=O) groups is 7. The maximum Gasteiger partial charge on any atom is 0.329 e. The van der Waals surface area contributed by atoms with Crippen molar-refractivity contribution in [1.29, 1.82) is 0 Å². The van der Waals surface area contributed by atoms with Gasteiger partial charge in [-0.1, -0.05) is 87.0 Å². The highest BCUT2D eigenvalue weighted by atomic mass is 79.9. The summed E-state index contributed by atoms with van der Waals surface area (Å²) in [6, 6.07) is -1.22. The van der Waals surface area contributed by atoms with Gasteiger partial charge in [0.15, 0.2) is 5.78 Å². The van der Waals surface area contributed by atoms with Crippen molar-refractivity contribution in [3.8, 4) is 0 Å². The molecule has 1 saturated carbocycles. The van der Waals surface area contributed by atoms with Crippen LogP contribution in [0.25, 0.3) is 0 Å². The fraction of sp³-hybridized carbons (Fsp3) is 0.741. The molecule has 77 heavy (non-hydrogen) atoms. The van der Waals surface area contributed by atoms with Gasteiger partial charge >= 0.3 is 17.9 Å². The Kier molecular flexibility index (Phi) is 26.0. The number of cyclic esters (lactones) is 1. The molecule has 0 aromatic rings. The standard InChI is InChI=1S/C58H88BrNO17/c1-34-17-13-12-14-18-35(2)46(71-9)29-42-22-20-40(7)58(70,77-42)53(66)54(67)60-24-16-15-19-43(60)55(68)75-47(30-44(62)36(3)26-39(6)51(65)52(73-11)50(64)38(5)25-34)37(4)27-41-21-23-45(48(28-41)72-10)76-56(69)57(8,32-61)33-74-49(63)31-59/h12-14,17-18,26,34,36-38,40-43,45-48,51-52,61,65,70H,15-16,19-25,27-33H2,1-11H3/b14-12?,17-13+,35-18?,39-26+/t34-,36-,37-,38-,40-,41+,42+,43+,45-,46+,47+,48-,51-,52+,57?,58-/m1/s1. The number of alkyl halides is 1. The van der Waals surface area contributed by atoms with Crippen LogP contribution in [0.3, 0.4) is 0 Å². The van der Waals surface area contributed by atoms with Crippen LogP contribution >= 0.6 is 15.9 Å². The van der Waals surface area contributed by atoms with Crippen LogP contribution in [0.5, 0.6) is 0 Å². The van der Waals surface area contributed by atoms with Crippen molar-refractivity contribution < 1.29 is 82.0 Å². The molecule has 0 spiro atoms. The first-order valence-corrected chi connectivity index (χ1v) is 28.5. The summed E-state index contributed by atoms with van der Waals surface area (Å²) in [6.07, 6.45) is 9.42. The highest BCUT2D eigenvalue weighted by Crippen LogP contribution is 2.39. The Labute approximate surface area is 464 Å². The molecule has 1 unspecified atom stereocenters. The first-order valence-electron chi connectivity index (χ1n) is 27.4. The summed E-state index contributed by atoms with van der Waals surface area (Å²) in [5, 5.41) is 33.6. The van der Waals surface area contributed by atoms with Crippen LogP contribution in [0.15, 0.2) is 47.6 Å². The Morgan fingerprint density at radius 1 is 0.896 bits per heavy atom. The van der Waals surface area contributed by atoms with Gasteiger partial charge in [-0.25, -0.2) is 4.79 Å². The topological polar surface area (TPSA) is 248 Å². The highest BCUT2D eigenvalue weighted by molar-refractivity contribution is 9.09. The number of nitrogens with zero attached hydrogens (tertiary/aromatic N) is 1. The van der Waals surface area contributed by atoms with Gasteiger partial charge in [-0.3, -0.25) is 28.8 Å². The molecule has 3 aliphatic heterocycles. The molecule has 0 radical (unpaired) electrons. The average molecular weight is 1150 g/mol. The summed E-state index contributed by atoms with van der Waals surface area (Å²) in [5.41, 5.74) is -0.320. The van der Waals surface area contributed by atoms with Crippen LogP contribution in [0.2, 0.25) is 0 Å². The van der Waals surface area contributed by atoms with E-state index >= 15 is 0 Å². The number of hydrogen-bond acceptors (Lipinski definition) is 17. The second-order valence-electron chi connectivity index (χ2n) is 22.5. The number of halogens is 1. The Morgan fingerprint density at radius 3 is 2.26 bits per heavy atom. The number of ketones is 3. The van der Waals surface area contributed by atoms with E-state index in [0.29, 0.717) is 63.4 Å². The van der Waals surface area contributed by atoms with Gasteiger partial charge in [0.25, 0.3) is 11.7 Å². The number of Topliss-reactive ketones (excluding diaryl/α,β-unsaturated/α-hetero) is 3. The molecule has 0 aromatic heterocycles. The number of methoxy groups -OCH3 is 3. The molecular weight excluding hydrogens is 1060 g/mol. The van der Waals surface area contributed by atoms with E-state index < -0.39 is 120 Å². The van der Waals surface area contributed by atoms with E-state index in [1.54, 1.807) is 40.9 Å². The number of esters is 3. The second-order valence-corrected chi connectivity index (χ2v) is 23.0. The molecular formula is C58H88BrNO17. The van der Waals surface area contributed by atoms with Gasteiger partial charge in [-0.15, -0.1) is 0 Å². The molecule has 4 aliphatic rings. The Morgan fingerprint density at radius 2 is 1.61 bits per heavy atom. The van der Waals surface area contributed by atoms with Crippen molar-refractivity contribution in [3.63, 3.8) is 0 Å². The summed E-state index contributed by atoms with van der Waals surface area (Å²) in [6.45, 7) is 12.9. The fourth-order valence-corrected chi connectivity index (χ4v) is 11.1. The number of hydrogen-bond donors (Lipinski definition) is 3. The number of aliphatic hydroxyl groups excluding tert-OH is 2. The lowest BCUT2D eigenvalue weighted by molar-refractivity contribution is -0.265. The lowest BCUT2D eigenvalue weighted by atomic mass is 9.78. The number of piperidine rings is 1. The molecule has 0 aromatic carbocycles. The van der Waals surface area contributed by atoms with Crippen LogP contribution in [0, 0.1) is 40.9 Å². The fourth-order valence-electron chi connectivity index (χ4n) is 11.0. The van der Waals surface area contributed by atoms with Gasteiger partial charge in [-0.05, 0) is 114 Å². The van der Waals surface area contributed by atoms with Crippen LogP contribution in [0.4, 0.5) is 0 Å². The zero-order chi connectivity index (χ0) is 57.4. The number of carbonyl (C=O) groups excluding carboxylic acids is 7. The lowest BCUT2D eigenvalue weighted by Crippen LogP contribution is -2.61. The van der Waals surface area contributed by atoms with E-state index in [4.69, 9.17) is 33.2 Å². The predicted molar refractivity (Wildman–Crippen MR) is 289 cm³/mol. The van der Waals surface area contributed by atoms with Crippen molar-refractivity contribution in [1.82, 2.24) is 4.90 Å². The number of allylic oxidation sites excluding steroid dienone is 6. The molecule has 18 nitrogen and oxygen atoms in total. The first-order chi connectivity index (χ1) is 36.4. The minimum absolute atomic E-state index is 0.0142. The van der Waals surface area contributed by atoms with Gasteiger partial charge in [0, 0.05) is 58.5 Å². The minimum Gasteiger partial charge on any atom is -0.464 e. The van der Waals surface area contributed by atoms with Gasteiger partial charge in [0.2, 0.25) is 5.79 Å². The Bertz CT molecular complexity index is 2160. The van der Waals surface area contributed by atoms with Crippen LogP contribution in [0.1, 0.15) is 132 Å². The first kappa shape index (κ1) is 65.6. The van der Waals surface area contributed by atoms with Gasteiger partial charge in [-0.2, -0.15) is 0 Å². The van der Waals surface area contributed by atoms with Crippen molar-refractivity contribution >= 4 is 57.1 Å². The number of rotatable bonds is 12.